The van der Waals surface area contributed by atoms with Gasteiger partial charge in [0.15, 0.2) is 0 Å². The zero-order valence-electron chi connectivity index (χ0n) is 6.15. The third-order valence-electron chi connectivity index (χ3n) is 1.00. The molecule has 0 N–H and O–H groups in total. The van der Waals surface area contributed by atoms with Gasteiger partial charge in [0, 0.05) is 0 Å². The molecule has 1 aliphatic rings. The summed E-state index contributed by atoms with van der Waals surface area (Å²) in [7, 11) is -4.97. The zero-order valence-corrected chi connectivity index (χ0v) is 6.15. The van der Waals surface area contributed by atoms with E-state index < -0.39 is 22.0 Å². The number of hydrogen-bond acceptors (Lipinski definition) is 8. The Morgan fingerprint density at radius 3 is 1.85 bits per heavy atom. The molecule has 0 aliphatic carbocycles. The van der Waals surface area contributed by atoms with Gasteiger partial charge in [-0.15, -0.1) is 0 Å². The molecule has 1 saturated heterocycles. The minimum absolute atomic E-state index is 0.0146. The molecule has 64 valence electrons. The first-order chi connectivity index (χ1) is 6.26. The normalized spacial score (nSPS) is 16.2. The van der Waals surface area contributed by atoms with Gasteiger partial charge < -0.3 is 0 Å². The Bertz CT molecular complexity index is 163. The molecule has 1 heterocycles. The monoisotopic (exact) mass is 183 g/mol. The van der Waals surface area contributed by atoms with E-state index in [-0.39, 0.29) is 14.7 Å². The molecular formula is B5O8-. The Balaban J connectivity index is 2.41. The van der Waals surface area contributed by atoms with E-state index in [1.54, 1.807) is 0 Å². The predicted molar refractivity (Wildman–Crippen MR) is 35.6 cm³/mol. The SMILES string of the molecule is O=BOB1OB([O-])OB(OB=O)O1. The standard InChI is InChI=1S/B5O8/c6-1-9-4-11-3(8)12-5(13-4)10-2-7/q-1. The fourth-order valence-electron chi connectivity index (χ4n) is 0.587. The summed E-state index contributed by atoms with van der Waals surface area (Å²) in [6.07, 6.45) is 0. The van der Waals surface area contributed by atoms with E-state index in [4.69, 9.17) is 0 Å². The molecule has 0 aromatic rings. The van der Waals surface area contributed by atoms with Crippen LogP contribution in [0.1, 0.15) is 0 Å². The summed E-state index contributed by atoms with van der Waals surface area (Å²) in [5.41, 5.74) is 0. The van der Waals surface area contributed by atoms with Gasteiger partial charge in [-0.05, 0) is 0 Å². The van der Waals surface area contributed by atoms with Crippen LogP contribution >= 0.6 is 0 Å². The molecule has 1 fully saturated rings. The first-order valence-corrected chi connectivity index (χ1v) is 3.06. The molecule has 0 bridgehead atoms. The Hall–Kier alpha value is -0.635. The second-order valence-corrected chi connectivity index (χ2v) is 1.74. The van der Waals surface area contributed by atoms with Crippen LogP contribution in [0.2, 0.25) is 0 Å². The van der Waals surface area contributed by atoms with E-state index >= 15 is 0 Å². The van der Waals surface area contributed by atoms with Crippen molar-refractivity contribution < 1.29 is 37.3 Å². The summed E-state index contributed by atoms with van der Waals surface area (Å²) in [5, 5.41) is 10.6. The van der Waals surface area contributed by atoms with Gasteiger partial charge in [0.25, 0.3) is 0 Å². The van der Waals surface area contributed by atoms with Crippen LogP contribution in [0.25, 0.3) is 0 Å². The molecule has 0 amide bonds. The van der Waals surface area contributed by atoms with Crippen molar-refractivity contribution in [2.24, 2.45) is 0 Å². The molecule has 0 spiro atoms. The van der Waals surface area contributed by atoms with Crippen molar-refractivity contribution in [2.45, 2.75) is 0 Å². The summed E-state index contributed by atoms with van der Waals surface area (Å²) in [4.78, 5) is 0. The van der Waals surface area contributed by atoms with Gasteiger partial charge in [-0.3, -0.25) is 0 Å². The van der Waals surface area contributed by atoms with Crippen LogP contribution in [-0.4, -0.2) is 36.7 Å². The van der Waals surface area contributed by atoms with Crippen molar-refractivity contribution in [3.05, 3.63) is 0 Å². The van der Waals surface area contributed by atoms with Crippen molar-refractivity contribution in [2.75, 3.05) is 0 Å². The van der Waals surface area contributed by atoms with E-state index in [0.29, 0.717) is 0 Å². The zero-order chi connectivity index (χ0) is 9.68. The van der Waals surface area contributed by atoms with Crippen LogP contribution < -0.4 is 5.02 Å². The van der Waals surface area contributed by atoms with Crippen LogP contribution in [0, 0.1) is 0 Å². The first kappa shape index (κ1) is 10.4. The van der Waals surface area contributed by atoms with Crippen molar-refractivity contribution in [1.82, 2.24) is 0 Å². The molecule has 1 rings (SSSR count). The van der Waals surface area contributed by atoms with Crippen LogP contribution in [0.15, 0.2) is 0 Å². The van der Waals surface area contributed by atoms with E-state index in [1.165, 1.54) is 0 Å². The molecule has 0 radical (unpaired) electrons. The minimum atomic E-state index is -1.94. The van der Waals surface area contributed by atoms with Crippen LogP contribution in [-0.2, 0) is 32.3 Å². The van der Waals surface area contributed by atoms with Crippen molar-refractivity contribution in [3.63, 3.8) is 0 Å². The van der Waals surface area contributed by atoms with Gasteiger partial charge in [-0.25, -0.2) is 0 Å². The molecule has 0 aromatic carbocycles. The first-order valence-electron chi connectivity index (χ1n) is 3.06. The van der Waals surface area contributed by atoms with Gasteiger partial charge >= 0.3 is 74.0 Å². The van der Waals surface area contributed by atoms with E-state index in [2.05, 4.69) is 22.9 Å². The van der Waals surface area contributed by atoms with Crippen LogP contribution in [0.5, 0.6) is 0 Å². The maximum absolute atomic E-state index is 10.6. The second kappa shape index (κ2) is 5.17. The average Bonchev–Trinajstić information content (AvgIpc) is 2.04. The molecule has 0 saturated carbocycles. The number of rotatable bonds is 4. The van der Waals surface area contributed by atoms with Crippen molar-refractivity contribution >= 4 is 36.7 Å². The van der Waals surface area contributed by atoms with Gasteiger partial charge in [0.05, 0.1) is 0 Å². The topological polar surface area (TPSA) is 103 Å². The van der Waals surface area contributed by atoms with Gasteiger partial charge in [-0.1, -0.05) is 0 Å². The van der Waals surface area contributed by atoms with E-state index in [0.717, 1.165) is 0 Å². The average molecular weight is 182 g/mol. The molecule has 1 aliphatic heterocycles. The summed E-state index contributed by atoms with van der Waals surface area (Å²) in [5.74, 6) is 0. The molecule has 0 atom stereocenters. The summed E-state index contributed by atoms with van der Waals surface area (Å²) >= 11 is 0. The molecule has 13 heavy (non-hydrogen) atoms. The predicted octanol–water partition coefficient (Wildman–Crippen LogP) is -3.67. The van der Waals surface area contributed by atoms with Crippen LogP contribution in [0.4, 0.5) is 0 Å². The van der Waals surface area contributed by atoms with Gasteiger partial charge in [-0.2, -0.15) is 0 Å². The van der Waals surface area contributed by atoms with Crippen molar-refractivity contribution in [1.29, 1.82) is 0 Å². The quantitative estimate of drug-likeness (QED) is 0.409. The second-order valence-electron chi connectivity index (χ2n) is 1.74. The third-order valence-corrected chi connectivity index (χ3v) is 1.00. The fraction of sp³-hybridized carbons (Fsp3) is 0. The Labute approximate surface area is 74.9 Å². The summed E-state index contributed by atoms with van der Waals surface area (Å²) < 4.78 is 40.9. The third kappa shape index (κ3) is 3.31. The molecule has 0 unspecified atom stereocenters. The van der Waals surface area contributed by atoms with E-state index in [1.807, 2.05) is 0 Å². The Morgan fingerprint density at radius 1 is 1.00 bits per heavy atom. The van der Waals surface area contributed by atoms with Gasteiger partial charge in [0.1, 0.15) is 0 Å². The van der Waals surface area contributed by atoms with E-state index in [9.17, 15) is 14.4 Å². The molecular weight excluding hydrogens is 182 g/mol. The maximum atomic E-state index is 10.6. The number of hydrogen-bond donors (Lipinski definition) is 0. The fourth-order valence-corrected chi connectivity index (χ4v) is 0.587. The molecule has 13 heteroatoms. The summed E-state index contributed by atoms with van der Waals surface area (Å²) in [6, 6.07) is 0. The van der Waals surface area contributed by atoms with Crippen molar-refractivity contribution in [3.8, 4) is 0 Å². The van der Waals surface area contributed by atoms with Gasteiger partial charge in [0.2, 0.25) is 0 Å². The molecule has 8 nitrogen and oxygen atoms in total. The Kier molecular flexibility index (Phi) is 4.16. The molecule has 0 aromatic heterocycles. The van der Waals surface area contributed by atoms with Crippen LogP contribution in [0.3, 0.4) is 0 Å². The Morgan fingerprint density at radius 2 is 1.46 bits per heavy atom. The summed E-state index contributed by atoms with van der Waals surface area (Å²) in [6.45, 7) is 0.